The predicted octanol–water partition coefficient (Wildman–Crippen LogP) is 4.04. The molecule has 0 aromatic carbocycles. The maximum absolute atomic E-state index is 9.65. The summed E-state index contributed by atoms with van der Waals surface area (Å²) in [6, 6.07) is 0. The molecule has 2 aliphatic rings. The third-order valence-corrected chi connectivity index (χ3v) is 5.24. The SMILES string of the molecule is OC1CCCC(CCCCCC2CCCC(O)C2)C1. The molecule has 0 bridgehead atoms. The topological polar surface area (TPSA) is 40.5 Å². The van der Waals surface area contributed by atoms with E-state index in [0.717, 1.165) is 37.5 Å². The van der Waals surface area contributed by atoms with E-state index in [-0.39, 0.29) is 12.2 Å². The first-order valence-electron chi connectivity index (χ1n) is 8.60. The van der Waals surface area contributed by atoms with Crippen LogP contribution in [-0.4, -0.2) is 22.4 Å². The van der Waals surface area contributed by atoms with Crippen LogP contribution in [-0.2, 0) is 0 Å². The fourth-order valence-electron chi connectivity index (χ4n) is 4.09. The molecule has 0 amide bonds. The molecule has 0 aromatic heterocycles. The minimum absolute atomic E-state index is 0.0116. The Kier molecular flexibility index (Phi) is 6.66. The summed E-state index contributed by atoms with van der Waals surface area (Å²) in [5, 5.41) is 19.3. The van der Waals surface area contributed by atoms with E-state index in [1.165, 1.54) is 57.8 Å². The van der Waals surface area contributed by atoms with E-state index in [4.69, 9.17) is 0 Å². The molecular formula is C17H32O2. The maximum Gasteiger partial charge on any atom is 0.0542 e. The number of hydrogen-bond acceptors (Lipinski definition) is 2. The smallest absolute Gasteiger partial charge is 0.0542 e. The van der Waals surface area contributed by atoms with Crippen LogP contribution in [0.2, 0.25) is 0 Å². The average molecular weight is 268 g/mol. The van der Waals surface area contributed by atoms with Crippen molar-refractivity contribution in [2.75, 3.05) is 0 Å². The first-order chi connectivity index (χ1) is 9.24. The summed E-state index contributed by atoms with van der Waals surface area (Å²) in [6.07, 6.45) is 15.9. The minimum Gasteiger partial charge on any atom is -0.393 e. The lowest BCUT2D eigenvalue weighted by Crippen LogP contribution is -2.19. The van der Waals surface area contributed by atoms with Crippen LogP contribution >= 0.6 is 0 Å². The second-order valence-corrected chi connectivity index (χ2v) is 7.01. The van der Waals surface area contributed by atoms with Gasteiger partial charge in [-0.3, -0.25) is 0 Å². The first-order valence-corrected chi connectivity index (χ1v) is 8.60. The van der Waals surface area contributed by atoms with Crippen molar-refractivity contribution < 1.29 is 10.2 Å². The van der Waals surface area contributed by atoms with Crippen LogP contribution in [0.1, 0.15) is 83.5 Å². The number of aliphatic hydroxyl groups is 2. The van der Waals surface area contributed by atoms with E-state index < -0.39 is 0 Å². The van der Waals surface area contributed by atoms with Gasteiger partial charge in [0.2, 0.25) is 0 Å². The Morgan fingerprint density at radius 2 is 1.11 bits per heavy atom. The Morgan fingerprint density at radius 1 is 0.632 bits per heavy atom. The van der Waals surface area contributed by atoms with Crippen LogP contribution in [0, 0.1) is 11.8 Å². The second-order valence-electron chi connectivity index (χ2n) is 7.01. The molecule has 4 unspecified atom stereocenters. The Labute approximate surface area is 118 Å². The van der Waals surface area contributed by atoms with Gasteiger partial charge in [-0.2, -0.15) is 0 Å². The van der Waals surface area contributed by atoms with E-state index >= 15 is 0 Å². The van der Waals surface area contributed by atoms with Crippen LogP contribution in [0.3, 0.4) is 0 Å². The van der Waals surface area contributed by atoms with Crippen molar-refractivity contribution in [2.24, 2.45) is 11.8 Å². The van der Waals surface area contributed by atoms with E-state index in [9.17, 15) is 10.2 Å². The van der Waals surface area contributed by atoms with Crippen LogP contribution in [0.4, 0.5) is 0 Å². The van der Waals surface area contributed by atoms with Gasteiger partial charge in [0.05, 0.1) is 12.2 Å². The molecule has 4 atom stereocenters. The van der Waals surface area contributed by atoms with E-state index in [1.807, 2.05) is 0 Å². The van der Waals surface area contributed by atoms with Crippen molar-refractivity contribution in [1.29, 1.82) is 0 Å². The highest BCUT2D eigenvalue weighted by atomic mass is 16.3. The summed E-state index contributed by atoms with van der Waals surface area (Å²) >= 11 is 0. The molecule has 2 nitrogen and oxygen atoms in total. The molecule has 2 saturated carbocycles. The zero-order valence-electron chi connectivity index (χ0n) is 12.4. The summed E-state index contributed by atoms with van der Waals surface area (Å²) in [5.41, 5.74) is 0. The largest absolute Gasteiger partial charge is 0.393 e. The monoisotopic (exact) mass is 268 g/mol. The fraction of sp³-hybridized carbons (Fsp3) is 1.00. The average Bonchev–Trinajstić information content (AvgIpc) is 2.38. The van der Waals surface area contributed by atoms with Gasteiger partial charge in [-0.1, -0.05) is 57.8 Å². The molecule has 2 rings (SSSR count). The molecule has 2 heteroatoms. The van der Waals surface area contributed by atoms with Crippen LogP contribution in [0.25, 0.3) is 0 Å². The molecule has 112 valence electrons. The van der Waals surface area contributed by atoms with Crippen LogP contribution in [0.15, 0.2) is 0 Å². The molecule has 2 N–H and O–H groups in total. The normalized spacial score (nSPS) is 36.3. The number of hydrogen-bond donors (Lipinski definition) is 2. The Morgan fingerprint density at radius 3 is 1.53 bits per heavy atom. The zero-order valence-corrected chi connectivity index (χ0v) is 12.4. The highest BCUT2D eigenvalue weighted by molar-refractivity contribution is 4.73. The Bertz CT molecular complexity index is 217. The van der Waals surface area contributed by atoms with E-state index in [0.29, 0.717) is 0 Å². The molecule has 0 aliphatic heterocycles. The molecule has 0 aromatic rings. The highest BCUT2D eigenvalue weighted by Gasteiger charge is 2.21. The molecule has 19 heavy (non-hydrogen) atoms. The third-order valence-electron chi connectivity index (χ3n) is 5.24. The number of unbranched alkanes of at least 4 members (excludes halogenated alkanes) is 2. The van der Waals surface area contributed by atoms with Gasteiger partial charge in [0.1, 0.15) is 0 Å². The number of aliphatic hydroxyl groups excluding tert-OH is 2. The van der Waals surface area contributed by atoms with Crippen molar-refractivity contribution in [3.8, 4) is 0 Å². The zero-order chi connectivity index (χ0) is 13.5. The van der Waals surface area contributed by atoms with Gasteiger partial charge < -0.3 is 10.2 Å². The lowest BCUT2D eigenvalue weighted by Gasteiger charge is -2.26. The van der Waals surface area contributed by atoms with Gasteiger partial charge in [0, 0.05) is 0 Å². The highest BCUT2D eigenvalue weighted by Crippen LogP contribution is 2.30. The second kappa shape index (κ2) is 8.26. The van der Waals surface area contributed by atoms with Crippen molar-refractivity contribution in [3.63, 3.8) is 0 Å². The molecule has 0 saturated heterocycles. The lowest BCUT2D eigenvalue weighted by molar-refractivity contribution is 0.0952. The van der Waals surface area contributed by atoms with Gasteiger partial charge in [0.15, 0.2) is 0 Å². The Hall–Kier alpha value is -0.0800. The summed E-state index contributed by atoms with van der Waals surface area (Å²) in [4.78, 5) is 0. The summed E-state index contributed by atoms with van der Waals surface area (Å²) < 4.78 is 0. The van der Waals surface area contributed by atoms with Gasteiger partial charge >= 0.3 is 0 Å². The third kappa shape index (κ3) is 5.83. The van der Waals surface area contributed by atoms with Crippen molar-refractivity contribution in [1.82, 2.24) is 0 Å². The molecular weight excluding hydrogens is 236 g/mol. The Balaban J connectivity index is 1.47. The number of rotatable bonds is 6. The minimum atomic E-state index is -0.0116. The fourth-order valence-corrected chi connectivity index (χ4v) is 4.09. The lowest BCUT2D eigenvalue weighted by atomic mass is 9.82. The van der Waals surface area contributed by atoms with Gasteiger partial charge in [0.25, 0.3) is 0 Å². The summed E-state index contributed by atoms with van der Waals surface area (Å²) in [7, 11) is 0. The summed E-state index contributed by atoms with van der Waals surface area (Å²) in [5.74, 6) is 1.58. The van der Waals surface area contributed by atoms with Crippen molar-refractivity contribution in [2.45, 2.75) is 95.7 Å². The molecule has 0 heterocycles. The van der Waals surface area contributed by atoms with Gasteiger partial charge in [-0.15, -0.1) is 0 Å². The predicted molar refractivity (Wildman–Crippen MR) is 79.0 cm³/mol. The summed E-state index contributed by atoms with van der Waals surface area (Å²) in [6.45, 7) is 0. The molecule has 2 fully saturated rings. The maximum atomic E-state index is 9.65. The van der Waals surface area contributed by atoms with Crippen LogP contribution in [0.5, 0.6) is 0 Å². The molecule has 0 spiro atoms. The van der Waals surface area contributed by atoms with Crippen molar-refractivity contribution in [3.05, 3.63) is 0 Å². The molecule has 2 aliphatic carbocycles. The quantitative estimate of drug-likeness (QED) is 0.714. The first kappa shape index (κ1) is 15.3. The molecule has 0 radical (unpaired) electrons. The van der Waals surface area contributed by atoms with Gasteiger partial charge in [-0.25, -0.2) is 0 Å². The van der Waals surface area contributed by atoms with E-state index in [2.05, 4.69) is 0 Å². The van der Waals surface area contributed by atoms with Gasteiger partial charge in [-0.05, 0) is 37.5 Å². The van der Waals surface area contributed by atoms with Crippen LogP contribution < -0.4 is 0 Å². The van der Waals surface area contributed by atoms with Crippen molar-refractivity contribution >= 4 is 0 Å². The van der Waals surface area contributed by atoms with E-state index in [1.54, 1.807) is 0 Å². The standard InChI is InChI=1S/C17H32O2/c18-16-10-4-8-14(12-16)6-2-1-3-7-15-9-5-11-17(19)13-15/h14-19H,1-13H2.